The van der Waals surface area contributed by atoms with Crippen LogP contribution in [-0.4, -0.2) is 70.5 Å². The fourth-order valence-corrected chi connectivity index (χ4v) is 8.83. The van der Waals surface area contributed by atoms with Crippen LogP contribution >= 0.6 is 24.1 Å². The summed E-state index contributed by atoms with van der Waals surface area (Å²) in [5.41, 5.74) is 1.92. The maximum absolute atomic E-state index is 10.0. The number of phenolic OH excluding ortho intramolecular Hbond substituents is 2. The van der Waals surface area contributed by atoms with E-state index in [1.54, 1.807) is 66.9 Å². The first-order chi connectivity index (χ1) is 17.8. The summed E-state index contributed by atoms with van der Waals surface area (Å²) in [4.78, 5) is 1.81. The Labute approximate surface area is 230 Å². The monoisotopic (exact) mass is 590 g/mol. The van der Waals surface area contributed by atoms with Gasteiger partial charge in [-0.05, 0) is 73.2 Å². The molecule has 2 aromatic rings. The van der Waals surface area contributed by atoms with Crippen LogP contribution in [0.15, 0.2) is 46.2 Å². The van der Waals surface area contributed by atoms with Gasteiger partial charge in [0.2, 0.25) is 0 Å². The van der Waals surface area contributed by atoms with Gasteiger partial charge in [-0.2, -0.15) is 0 Å². The van der Waals surface area contributed by atoms with Crippen LogP contribution in [0.2, 0.25) is 12.1 Å². The van der Waals surface area contributed by atoms with Gasteiger partial charge >= 0.3 is 17.6 Å². The first-order valence-electron chi connectivity index (χ1n) is 11.8. The van der Waals surface area contributed by atoms with Crippen molar-refractivity contribution in [3.8, 4) is 11.5 Å². The predicted octanol–water partition coefficient (Wildman–Crippen LogP) is 5.45. The second-order valence-electron chi connectivity index (χ2n) is 8.12. The maximum atomic E-state index is 10.0. The highest BCUT2D eigenvalue weighted by molar-refractivity contribution is 8.08. The lowest BCUT2D eigenvalue weighted by molar-refractivity contribution is 0.122. The number of phenols is 2. The zero-order chi connectivity index (χ0) is 27.3. The molecule has 0 saturated carbocycles. The molecule has 0 atom stereocenters. The first kappa shape index (κ1) is 32.1. The predicted molar refractivity (Wildman–Crippen MR) is 149 cm³/mol. The van der Waals surface area contributed by atoms with E-state index in [1.807, 2.05) is 12.1 Å². The van der Waals surface area contributed by atoms with Crippen molar-refractivity contribution in [2.45, 2.75) is 47.6 Å². The van der Waals surface area contributed by atoms with Crippen LogP contribution in [0.3, 0.4) is 0 Å². The summed E-state index contributed by atoms with van der Waals surface area (Å²) in [6, 6.07) is 11.8. The molecule has 0 aliphatic heterocycles. The van der Waals surface area contributed by atoms with Crippen LogP contribution in [-0.2, 0) is 43.0 Å². The minimum atomic E-state index is -2.66. The number of aromatic hydroxyl groups is 2. The van der Waals surface area contributed by atoms with E-state index in [-0.39, 0.29) is 11.5 Å². The SMILES string of the molecule is CO[Si](CCCc1cc(O)ccc1SOSc1ccc(O)cc1CCC[Si](OC)(OC)OC)(OC)OC. The molecule has 2 rings (SSSR count). The molecule has 13 heteroatoms. The smallest absolute Gasteiger partial charge is 0.500 e. The summed E-state index contributed by atoms with van der Waals surface area (Å²) in [6.45, 7) is 0. The van der Waals surface area contributed by atoms with Crippen molar-refractivity contribution < 1.29 is 40.4 Å². The molecule has 0 bridgehead atoms. The molecule has 0 aromatic heterocycles. The number of aryl methyl sites for hydroxylation is 2. The summed E-state index contributed by atoms with van der Waals surface area (Å²) in [7, 11) is 4.28. The minimum absolute atomic E-state index is 0.198. The van der Waals surface area contributed by atoms with Crippen LogP contribution in [0.4, 0.5) is 0 Å². The quantitative estimate of drug-likeness (QED) is 0.171. The van der Waals surface area contributed by atoms with Gasteiger partial charge in [0.05, 0.1) is 0 Å². The topological polar surface area (TPSA) is 105 Å². The van der Waals surface area contributed by atoms with Crippen molar-refractivity contribution in [2.75, 3.05) is 42.7 Å². The molecular formula is C24H38O9S2Si2. The van der Waals surface area contributed by atoms with E-state index >= 15 is 0 Å². The number of hydrogen-bond acceptors (Lipinski definition) is 11. The van der Waals surface area contributed by atoms with Crippen molar-refractivity contribution >= 4 is 41.7 Å². The van der Waals surface area contributed by atoms with Crippen LogP contribution in [0, 0.1) is 0 Å². The van der Waals surface area contributed by atoms with Crippen LogP contribution in [0.1, 0.15) is 24.0 Å². The Hall–Kier alpha value is -1.11. The van der Waals surface area contributed by atoms with Crippen LogP contribution < -0.4 is 0 Å². The molecule has 0 unspecified atom stereocenters. The van der Waals surface area contributed by atoms with E-state index in [9.17, 15) is 10.2 Å². The zero-order valence-electron chi connectivity index (χ0n) is 22.3. The normalized spacial score (nSPS) is 12.3. The van der Waals surface area contributed by atoms with Gasteiger partial charge in [-0.1, -0.05) is 0 Å². The third kappa shape index (κ3) is 9.54. The van der Waals surface area contributed by atoms with Gasteiger partial charge in [0.25, 0.3) is 0 Å². The van der Waals surface area contributed by atoms with Crippen LogP contribution in [0.5, 0.6) is 11.5 Å². The molecule has 2 aromatic carbocycles. The molecule has 208 valence electrons. The molecule has 2 N–H and O–H groups in total. The fourth-order valence-electron chi connectivity index (χ4n) is 3.88. The van der Waals surface area contributed by atoms with Gasteiger partial charge in [0.15, 0.2) is 0 Å². The lowest BCUT2D eigenvalue weighted by Crippen LogP contribution is -2.42. The van der Waals surface area contributed by atoms with E-state index in [0.717, 1.165) is 33.8 Å². The molecule has 9 nitrogen and oxygen atoms in total. The number of hydrogen-bond donors (Lipinski definition) is 2. The largest absolute Gasteiger partial charge is 0.508 e. The molecule has 0 aliphatic carbocycles. The average Bonchev–Trinajstić information content (AvgIpc) is 2.92. The highest BCUT2D eigenvalue weighted by Gasteiger charge is 2.37. The van der Waals surface area contributed by atoms with Gasteiger partial charge < -0.3 is 36.8 Å². The highest BCUT2D eigenvalue weighted by atomic mass is 32.2. The van der Waals surface area contributed by atoms with Crippen molar-refractivity contribution in [1.82, 2.24) is 0 Å². The Kier molecular flexibility index (Phi) is 14.0. The van der Waals surface area contributed by atoms with Gasteiger partial charge in [-0.3, -0.25) is 0 Å². The molecule has 0 saturated heterocycles. The molecule has 0 amide bonds. The molecule has 0 fully saturated rings. The zero-order valence-corrected chi connectivity index (χ0v) is 25.9. The lowest BCUT2D eigenvalue weighted by Gasteiger charge is -2.24. The molecular weight excluding hydrogens is 553 g/mol. The molecule has 0 radical (unpaired) electrons. The van der Waals surface area contributed by atoms with E-state index in [2.05, 4.69) is 0 Å². The maximum Gasteiger partial charge on any atom is 0.500 e. The third-order valence-electron chi connectivity index (χ3n) is 6.06. The summed E-state index contributed by atoms with van der Waals surface area (Å²) in [5.74, 6) is 0.397. The Bertz CT molecular complexity index is 868. The van der Waals surface area contributed by atoms with E-state index in [1.165, 1.54) is 24.1 Å². The van der Waals surface area contributed by atoms with Gasteiger partial charge in [0.1, 0.15) is 11.5 Å². The molecule has 0 spiro atoms. The van der Waals surface area contributed by atoms with Gasteiger partial charge in [-0.15, -0.1) is 0 Å². The second kappa shape index (κ2) is 16.1. The summed E-state index contributed by atoms with van der Waals surface area (Å²) >= 11 is 2.46. The Morgan fingerprint density at radius 3 is 1.27 bits per heavy atom. The van der Waals surface area contributed by atoms with E-state index < -0.39 is 17.6 Å². The van der Waals surface area contributed by atoms with E-state index in [0.29, 0.717) is 24.9 Å². The molecule has 0 aliphatic rings. The second-order valence-corrected chi connectivity index (χ2v) is 16.1. The van der Waals surface area contributed by atoms with Gasteiger partial charge in [0, 0.05) is 88.6 Å². The average molecular weight is 591 g/mol. The highest BCUT2D eigenvalue weighted by Crippen LogP contribution is 2.36. The summed E-state index contributed by atoms with van der Waals surface area (Å²) in [5, 5.41) is 20.1. The van der Waals surface area contributed by atoms with Crippen molar-refractivity contribution in [1.29, 1.82) is 0 Å². The van der Waals surface area contributed by atoms with Crippen LogP contribution in [0.25, 0.3) is 0 Å². The van der Waals surface area contributed by atoms with Crippen molar-refractivity contribution in [2.24, 2.45) is 0 Å². The standard InChI is InChI=1S/C24H38O9S2Si2/c1-27-36(28-2,29-3)15-7-9-19-17-21(25)11-13-23(19)34-33-35-24-14-12-22(26)18-20(24)10-8-16-37(30-4,31-5)32-6/h11-14,17-18,25-26H,7-10,15-16H2,1-6H3. The fraction of sp³-hybridized carbons (Fsp3) is 0.500. The Balaban J connectivity index is 2.01. The Morgan fingerprint density at radius 2 is 0.946 bits per heavy atom. The first-order valence-corrected chi connectivity index (χ1v) is 17.1. The van der Waals surface area contributed by atoms with E-state index in [4.69, 9.17) is 30.2 Å². The lowest BCUT2D eigenvalue weighted by atomic mass is 10.1. The van der Waals surface area contributed by atoms with Gasteiger partial charge in [-0.25, -0.2) is 3.63 Å². The van der Waals surface area contributed by atoms with Crippen molar-refractivity contribution in [3.63, 3.8) is 0 Å². The Morgan fingerprint density at radius 1 is 0.595 bits per heavy atom. The minimum Gasteiger partial charge on any atom is -0.508 e. The number of benzene rings is 2. The molecule has 37 heavy (non-hydrogen) atoms. The summed E-state index contributed by atoms with van der Waals surface area (Å²) < 4.78 is 38.9. The van der Waals surface area contributed by atoms with Crippen molar-refractivity contribution in [3.05, 3.63) is 47.5 Å². The molecule has 0 heterocycles. The summed E-state index contributed by atoms with van der Waals surface area (Å²) in [6.07, 6.45) is 2.93. The third-order valence-corrected chi connectivity index (χ3v) is 13.4. The number of rotatable bonds is 18.